The van der Waals surface area contributed by atoms with Crippen LogP contribution in [0.5, 0.6) is 0 Å². The number of allylic oxidation sites excluding steroid dienone is 2. The summed E-state index contributed by atoms with van der Waals surface area (Å²) in [4.78, 5) is 0. The van der Waals surface area contributed by atoms with Gasteiger partial charge in [-0.25, -0.2) is 0 Å². The molecule has 0 heteroatoms. The van der Waals surface area contributed by atoms with E-state index in [1.54, 1.807) is 0 Å². The minimum atomic E-state index is 1.14. The zero-order valence-electron chi connectivity index (χ0n) is 5.28. The smallest absolute Gasteiger partial charge is 0.0236 e. The summed E-state index contributed by atoms with van der Waals surface area (Å²) in [6.45, 7) is 6.17. The molecule has 0 fully saturated rings. The molecule has 0 amide bonds. The Bertz CT molecular complexity index is 53.1. The summed E-state index contributed by atoms with van der Waals surface area (Å²) in [6.07, 6.45) is 6.11. The van der Waals surface area contributed by atoms with Gasteiger partial charge in [-0.05, 0) is 6.92 Å². The van der Waals surface area contributed by atoms with Crippen LogP contribution in [0.2, 0.25) is 0 Å². The second-order valence-electron chi connectivity index (χ2n) is 1.63. The Balaban J connectivity index is 3.16. The Morgan fingerprint density at radius 2 is 2.29 bits per heavy atom. The Morgan fingerprint density at radius 3 is 2.43 bits per heavy atom. The molecule has 0 unspecified atom stereocenters. The van der Waals surface area contributed by atoms with Gasteiger partial charge in [0, 0.05) is 0 Å². The van der Waals surface area contributed by atoms with Crippen molar-refractivity contribution in [3.05, 3.63) is 18.1 Å². The Hall–Kier alpha value is -0.480. The zero-order chi connectivity index (χ0) is 5.70. The minimum absolute atomic E-state index is 1.14. The lowest BCUT2D eigenvalue weighted by Gasteiger charge is -1.74. The van der Waals surface area contributed by atoms with E-state index < -0.39 is 0 Å². The molecule has 0 bridgehead atoms. The lowest BCUT2D eigenvalue weighted by atomic mass is 10.1. The number of rotatable bonds is 2. The molecule has 0 heterocycles. The highest BCUT2D eigenvalue weighted by Crippen LogP contribution is 2.02. The molecule has 7 heavy (non-hydrogen) atoms. The first kappa shape index (κ1) is 6.52. The van der Waals surface area contributed by atoms with E-state index in [9.17, 15) is 0 Å². The van der Waals surface area contributed by atoms with E-state index in [1.165, 1.54) is 5.92 Å². The van der Waals surface area contributed by atoms with Crippen molar-refractivity contribution in [2.45, 2.75) is 27.2 Å². The van der Waals surface area contributed by atoms with Crippen LogP contribution in [0.4, 0.5) is 0 Å². The van der Waals surface area contributed by atoms with E-state index in [0.29, 0.717) is 0 Å². The van der Waals surface area contributed by atoms with Crippen molar-refractivity contribution < 1.29 is 0 Å². The van der Waals surface area contributed by atoms with Crippen LogP contribution in [0.25, 0.3) is 0 Å². The lowest BCUT2D eigenvalue weighted by molar-refractivity contribution is 0.981. The maximum atomic E-state index is 2.96. The zero-order valence-corrected chi connectivity index (χ0v) is 5.28. The fraction of sp³-hybridized carbons (Fsp3) is 0.571. The summed E-state index contributed by atoms with van der Waals surface area (Å²) in [5, 5.41) is 0. The summed E-state index contributed by atoms with van der Waals surface area (Å²) in [5.74, 6) is 1.39. The fourth-order valence-corrected chi connectivity index (χ4v) is 0.348. The molecule has 0 aromatic heterocycles. The second kappa shape index (κ2) is 3.70. The van der Waals surface area contributed by atoms with Crippen molar-refractivity contribution in [1.82, 2.24) is 0 Å². The van der Waals surface area contributed by atoms with Gasteiger partial charge in [0.1, 0.15) is 0 Å². The van der Waals surface area contributed by atoms with Crippen LogP contribution in [0.15, 0.2) is 6.08 Å². The monoisotopic (exact) mass is 96.1 g/mol. The first-order valence-corrected chi connectivity index (χ1v) is 2.64. The first-order chi connectivity index (χ1) is 3.31. The predicted octanol–water partition coefficient (Wildman–Crippen LogP) is 2.37. The lowest BCUT2D eigenvalue weighted by Crippen LogP contribution is -1.78. The maximum absolute atomic E-state index is 2.96. The molecule has 0 aromatic carbocycles. The average molecular weight is 96.2 g/mol. The van der Waals surface area contributed by atoms with Crippen LogP contribution in [0.1, 0.15) is 27.2 Å². The van der Waals surface area contributed by atoms with Crippen LogP contribution >= 0.6 is 0 Å². The van der Waals surface area contributed by atoms with E-state index in [1.807, 2.05) is 13.0 Å². The molecule has 0 nitrogen and oxygen atoms in total. The minimum Gasteiger partial charge on any atom is -0.0236 e. The van der Waals surface area contributed by atoms with Crippen LogP contribution in [0.3, 0.4) is 0 Å². The van der Waals surface area contributed by atoms with E-state index in [4.69, 9.17) is 0 Å². The summed E-state index contributed by atoms with van der Waals surface area (Å²) in [5.41, 5.74) is 0. The van der Waals surface area contributed by atoms with Gasteiger partial charge < -0.3 is 0 Å². The molecule has 38 valence electrons. The summed E-state index contributed by atoms with van der Waals surface area (Å²) >= 11 is 0. The molecule has 0 aliphatic rings. The van der Waals surface area contributed by atoms with Crippen molar-refractivity contribution in [2.75, 3.05) is 0 Å². The summed E-state index contributed by atoms with van der Waals surface area (Å²) < 4.78 is 0. The van der Waals surface area contributed by atoms with Crippen LogP contribution in [0, 0.1) is 12.0 Å². The van der Waals surface area contributed by atoms with Gasteiger partial charge in [-0.1, -0.05) is 0 Å². The van der Waals surface area contributed by atoms with Gasteiger partial charge in [0.25, 0.3) is 6.08 Å². The Morgan fingerprint density at radius 1 is 1.71 bits per heavy atom. The van der Waals surface area contributed by atoms with Crippen molar-refractivity contribution in [3.63, 3.8) is 0 Å². The molecule has 0 radical (unpaired) electrons. The maximum Gasteiger partial charge on any atom is 0.325 e. The molecule has 0 saturated carbocycles. The first-order valence-electron chi connectivity index (χ1n) is 2.64. The Labute approximate surface area is 46.2 Å². The standard InChI is InChI=1S/C7H12/c1-4-6-7(3)5-2/h6H,5H2,1-3H3/q+2. The van der Waals surface area contributed by atoms with Crippen LogP contribution in [-0.2, 0) is 0 Å². The third kappa shape index (κ3) is 3.35. The van der Waals surface area contributed by atoms with Crippen LogP contribution in [-0.4, -0.2) is 0 Å². The van der Waals surface area contributed by atoms with Crippen molar-refractivity contribution in [1.29, 1.82) is 0 Å². The third-order valence-corrected chi connectivity index (χ3v) is 0.948. The molecule has 0 rings (SSSR count). The topological polar surface area (TPSA) is 0 Å². The Kier molecular flexibility index (Phi) is 3.45. The normalized spacial score (nSPS) is 9.00. The van der Waals surface area contributed by atoms with E-state index in [2.05, 4.69) is 19.9 Å². The average Bonchev–Trinajstić information content (AvgIpc) is 1.68. The predicted molar refractivity (Wildman–Crippen MR) is 32.7 cm³/mol. The van der Waals surface area contributed by atoms with Gasteiger partial charge in [-0.3, -0.25) is 0 Å². The third-order valence-electron chi connectivity index (χ3n) is 0.948. The molecule has 0 N–H and O–H groups in total. The van der Waals surface area contributed by atoms with Gasteiger partial charge >= 0.3 is 6.08 Å². The quantitative estimate of drug-likeness (QED) is 0.463. The van der Waals surface area contributed by atoms with E-state index >= 15 is 0 Å². The molecular weight excluding hydrogens is 84.1 g/mol. The summed E-state index contributed by atoms with van der Waals surface area (Å²) in [7, 11) is 0. The molecule has 0 aliphatic carbocycles. The highest BCUT2D eigenvalue weighted by molar-refractivity contribution is 5.01. The van der Waals surface area contributed by atoms with Gasteiger partial charge in [0.05, 0.1) is 13.3 Å². The molecular formula is C7H12+2. The van der Waals surface area contributed by atoms with Crippen molar-refractivity contribution >= 4 is 0 Å². The summed E-state index contributed by atoms with van der Waals surface area (Å²) in [6, 6.07) is 0. The van der Waals surface area contributed by atoms with Crippen LogP contribution < -0.4 is 0 Å². The molecule has 0 atom stereocenters. The number of hydrogen-bond donors (Lipinski definition) is 0. The highest BCUT2D eigenvalue weighted by atomic mass is 13.9. The van der Waals surface area contributed by atoms with E-state index in [0.717, 1.165) is 6.42 Å². The van der Waals surface area contributed by atoms with Gasteiger partial charge in [-0.2, -0.15) is 0 Å². The SMILES string of the molecule is C[C+]=C[C+](C)CC. The van der Waals surface area contributed by atoms with Gasteiger partial charge in [-0.15, -0.1) is 0 Å². The molecule has 0 spiro atoms. The van der Waals surface area contributed by atoms with Gasteiger partial charge in [0.15, 0.2) is 12.8 Å². The fourth-order valence-electron chi connectivity index (χ4n) is 0.348. The van der Waals surface area contributed by atoms with Crippen molar-refractivity contribution in [3.8, 4) is 0 Å². The number of hydrogen-bond acceptors (Lipinski definition) is 0. The van der Waals surface area contributed by atoms with Gasteiger partial charge in [0.2, 0.25) is 0 Å². The van der Waals surface area contributed by atoms with E-state index in [-0.39, 0.29) is 0 Å². The second-order valence-corrected chi connectivity index (χ2v) is 1.63. The molecule has 0 aliphatic heterocycles. The molecule has 0 saturated heterocycles. The van der Waals surface area contributed by atoms with Crippen molar-refractivity contribution in [2.24, 2.45) is 0 Å². The molecule has 0 aromatic rings. The highest BCUT2D eigenvalue weighted by Gasteiger charge is 2.08. The largest absolute Gasteiger partial charge is 0.325 e.